The molecule has 1 aromatic heterocycles. The van der Waals surface area contributed by atoms with Crippen molar-refractivity contribution in [2.24, 2.45) is 11.3 Å². The van der Waals surface area contributed by atoms with E-state index in [2.05, 4.69) is 57.2 Å². The number of carbonyl (C=O) groups excluding carboxylic acids is 1. The van der Waals surface area contributed by atoms with Gasteiger partial charge in [0.2, 0.25) is 0 Å². The maximum atomic E-state index is 12.1. The smallest absolute Gasteiger partial charge is 0.315 e. The first-order valence-corrected chi connectivity index (χ1v) is 10.0. The number of thiazole rings is 1. The molecule has 0 radical (unpaired) electrons. The Kier molecular flexibility index (Phi) is 6.49. The molecule has 0 aliphatic carbocycles. The lowest BCUT2D eigenvalue weighted by Gasteiger charge is -2.40. The fraction of sp³-hybridized carbons (Fsp3) is 0.789. The second-order valence-corrected chi connectivity index (χ2v) is 9.88. The van der Waals surface area contributed by atoms with Gasteiger partial charge in [0.15, 0.2) is 0 Å². The van der Waals surface area contributed by atoms with E-state index in [1.54, 1.807) is 11.3 Å². The molecule has 2 N–H and O–H groups in total. The van der Waals surface area contributed by atoms with E-state index in [4.69, 9.17) is 4.74 Å². The molecule has 2 heterocycles. The molecule has 0 spiro atoms. The van der Waals surface area contributed by atoms with Crippen molar-refractivity contribution >= 4 is 17.4 Å². The standard InChI is InChI=1S/C19H33N3O2S/c1-18(2,3)15-13(8-7-9-24-15)10-20-17(23)21-11-14-12-25-16(22-14)19(4,5)6/h12-13,15H,7-11H2,1-6H3,(H2,20,21,23). The Labute approximate surface area is 155 Å². The minimum absolute atomic E-state index is 0.0497. The van der Waals surface area contributed by atoms with Crippen molar-refractivity contribution in [2.45, 2.75) is 72.4 Å². The molecular formula is C19H33N3O2S. The number of carbonyl (C=O) groups is 1. The van der Waals surface area contributed by atoms with Gasteiger partial charge in [-0.1, -0.05) is 41.5 Å². The quantitative estimate of drug-likeness (QED) is 0.843. The lowest BCUT2D eigenvalue weighted by molar-refractivity contribution is -0.0837. The lowest BCUT2D eigenvalue weighted by Crippen LogP contribution is -2.46. The number of nitrogens with zero attached hydrogens (tertiary/aromatic N) is 1. The molecule has 2 unspecified atom stereocenters. The Morgan fingerprint density at radius 3 is 2.60 bits per heavy atom. The number of rotatable bonds is 4. The highest BCUT2D eigenvalue weighted by Crippen LogP contribution is 2.33. The highest BCUT2D eigenvalue weighted by molar-refractivity contribution is 7.09. The van der Waals surface area contributed by atoms with E-state index < -0.39 is 0 Å². The summed E-state index contributed by atoms with van der Waals surface area (Å²) in [7, 11) is 0. The first-order valence-electron chi connectivity index (χ1n) is 9.15. The molecule has 0 aromatic carbocycles. The molecule has 1 fully saturated rings. The maximum Gasteiger partial charge on any atom is 0.315 e. The molecule has 0 saturated carbocycles. The second-order valence-electron chi connectivity index (χ2n) is 9.02. The van der Waals surface area contributed by atoms with E-state index in [-0.39, 0.29) is 23.0 Å². The molecule has 5 nitrogen and oxygen atoms in total. The first-order chi connectivity index (χ1) is 11.6. The van der Waals surface area contributed by atoms with E-state index in [0.29, 0.717) is 19.0 Å². The van der Waals surface area contributed by atoms with Crippen LogP contribution in [0, 0.1) is 11.3 Å². The zero-order valence-electron chi connectivity index (χ0n) is 16.4. The molecule has 142 valence electrons. The van der Waals surface area contributed by atoms with E-state index in [9.17, 15) is 4.79 Å². The van der Waals surface area contributed by atoms with Crippen LogP contribution in [0.1, 0.15) is 65.1 Å². The normalized spacial score (nSPS) is 21.8. The Balaban J connectivity index is 1.79. The van der Waals surface area contributed by atoms with Gasteiger partial charge in [0.05, 0.1) is 23.4 Å². The van der Waals surface area contributed by atoms with Gasteiger partial charge in [0.1, 0.15) is 0 Å². The van der Waals surface area contributed by atoms with Crippen LogP contribution in [-0.2, 0) is 16.7 Å². The topological polar surface area (TPSA) is 63.2 Å². The fourth-order valence-electron chi connectivity index (χ4n) is 3.20. The van der Waals surface area contributed by atoms with Crippen molar-refractivity contribution in [1.82, 2.24) is 15.6 Å². The van der Waals surface area contributed by atoms with Crippen LogP contribution in [0.2, 0.25) is 0 Å². The maximum absolute atomic E-state index is 12.1. The summed E-state index contributed by atoms with van der Waals surface area (Å²) >= 11 is 1.65. The van der Waals surface area contributed by atoms with Crippen molar-refractivity contribution in [3.63, 3.8) is 0 Å². The van der Waals surface area contributed by atoms with E-state index in [1.165, 1.54) is 0 Å². The monoisotopic (exact) mass is 367 g/mol. The lowest BCUT2D eigenvalue weighted by atomic mass is 9.78. The number of ether oxygens (including phenoxy) is 1. The molecule has 0 bridgehead atoms. The van der Waals surface area contributed by atoms with Crippen molar-refractivity contribution < 1.29 is 9.53 Å². The van der Waals surface area contributed by atoms with Crippen LogP contribution in [0.15, 0.2) is 5.38 Å². The molecule has 1 aliphatic heterocycles. The number of hydrogen-bond acceptors (Lipinski definition) is 4. The summed E-state index contributed by atoms with van der Waals surface area (Å²) in [5.41, 5.74) is 1.06. The number of aromatic nitrogens is 1. The highest BCUT2D eigenvalue weighted by Gasteiger charge is 2.35. The molecule has 2 amide bonds. The Morgan fingerprint density at radius 1 is 1.28 bits per heavy atom. The van der Waals surface area contributed by atoms with E-state index in [1.807, 2.05) is 5.38 Å². The van der Waals surface area contributed by atoms with E-state index >= 15 is 0 Å². The van der Waals surface area contributed by atoms with Crippen LogP contribution in [0.4, 0.5) is 4.79 Å². The number of hydrogen-bond donors (Lipinski definition) is 2. The predicted octanol–water partition coefficient (Wildman–Crippen LogP) is 4.08. The molecule has 1 aliphatic rings. The Hall–Kier alpha value is -1.14. The fourth-order valence-corrected chi connectivity index (χ4v) is 4.11. The van der Waals surface area contributed by atoms with Crippen LogP contribution >= 0.6 is 11.3 Å². The minimum atomic E-state index is -0.136. The Morgan fingerprint density at radius 2 is 2.00 bits per heavy atom. The highest BCUT2D eigenvalue weighted by atomic mass is 32.1. The van der Waals surface area contributed by atoms with Gasteiger partial charge in [0, 0.05) is 29.9 Å². The van der Waals surface area contributed by atoms with Crippen molar-refractivity contribution in [3.05, 3.63) is 16.1 Å². The molecule has 1 aromatic rings. The van der Waals surface area contributed by atoms with Gasteiger partial charge in [-0.25, -0.2) is 9.78 Å². The third kappa shape index (κ3) is 5.96. The van der Waals surface area contributed by atoms with Crippen LogP contribution in [0.5, 0.6) is 0 Å². The van der Waals surface area contributed by atoms with Crippen molar-refractivity contribution in [3.8, 4) is 0 Å². The second kappa shape index (κ2) is 8.04. The molecule has 6 heteroatoms. The molecule has 2 rings (SSSR count). The summed E-state index contributed by atoms with van der Waals surface area (Å²) in [5, 5.41) is 9.03. The van der Waals surface area contributed by atoms with Gasteiger partial charge in [-0.3, -0.25) is 0 Å². The molecule has 1 saturated heterocycles. The number of urea groups is 1. The van der Waals surface area contributed by atoms with Gasteiger partial charge in [-0.15, -0.1) is 11.3 Å². The number of amides is 2. The zero-order chi connectivity index (χ0) is 18.7. The molecule has 25 heavy (non-hydrogen) atoms. The minimum Gasteiger partial charge on any atom is -0.377 e. The van der Waals surface area contributed by atoms with Crippen LogP contribution in [-0.4, -0.2) is 30.3 Å². The summed E-state index contributed by atoms with van der Waals surface area (Å²) in [6, 6.07) is -0.136. The van der Waals surface area contributed by atoms with Gasteiger partial charge in [-0.05, 0) is 18.3 Å². The summed E-state index contributed by atoms with van der Waals surface area (Å²) in [6.07, 6.45) is 2.35. The van der Waals surface area contributed by atoms with Crippen LogP contribution < -0.4 is 10.6 Å². The summed E-state index contributed by atoms with van der Waals surface area (Å²) < 4.78 is 5.97. The predicted molar refractivity (Wildman–Crippen MR) is 103 cm³/mol. The van der Waals surface area contributed by atoms with Crippen molar-refractivity contribution in [1.29, 1.82) is 0 Å². The summed E-state index contributed by atoms with van der Waals surface area (Å²) in [5.74, 6) is 0.367. The van der Waals surface area contributed by atoms with Gasteiger partial charge >= 0.3 is 6.03 Å². The number of nitrogens with one attached hydrogen (secondary N) is 2. The third-order valence-corrected chi connectivity index (χ3v) is 5.76. The van der Waals surface area contributed by atoms with Gasteiger partial charge < -0.3 is 15.4 Å². The summed E-state index contributed by atoms with van der Waals surface area (Å²) in [6.45, 7) is 15.0. The molecular weight excluding hydrogens is 334 g/mol. The average molecular weight is 368 g/mol. The SMILES string of the molecule is CC(C)(C)c1nc(CNC(=O)NCC2CCCOC2C(C)(C)C)cs1. The van der Waals surface area contributed by atoms with Crippen LogP contribution in [0.3, 0.4) is 0 Å². The van der Waals surface area contributed by atoms with Crippen molar-refractivity contribution in [2.75, 3.05) is 13.2 Å². The van der Waals surface area contributed by atoms with E-state index in [0.717, 1.165) is 30.2 Å². The van der Waals surface area contributed by atoms with Gasteiger partial charge in [0.25, 0.3) is 0 Å². The zero-order valence-corrected chi connectivity index (χ0v) is 17.3. The first kappa shape index (κ1) is 20.2. The summed E-state index contributed by atoms with van der Waals surface area (Å²) in [4.78, 5) is 16.7. The largest absolute Gasteiger partial charge is 0.377 e. The average Bonchev–Trinajstić information content (AvgIpc) is 2.99. The third-order valence-electron chi connectivity index (χ3n) is 4.45. The van der Waals surface area contributed by atoms with Gasteiger partial charge in [-0.2, -0.15) is 0 Å². The molecule has 2 atom stereocenters. The Bertz CT molecular complexity index is 572. The van der Waals surface area contributed by atoms with Crippen LogP contribution in [0.25, 0.3) is 0 Å².